The Bertz CT molecular complexity index is 628. The highest BCUT2D eigenvalue weighted by Gasteiger charge is 2.63. The van der Waals surface area contributed by atoms with Gasteiger partial charge in [-0.1, -0.05) is 19.0 Å². The van der Waals surface area contributed by atoms with Crippen LogP contribution in [-0.4, -0.2) is 39.1 Å². The van der Waals surface area contributed by atoms with E-state index >= 15 is 0 Å². The van der Waals surface area contributed by atoms with E-state index in [0.717, 1.165) is 12.8 Å². The van der Waals surface area contributed by atoms with Gasteiger partial charge in [0.25, 0.3) is 0 Å². The van der Waals surface area contributed by atoms with E-state index in [4.69, 9.17) is 9.26 Å². The quantitative estimate of drug-likeness (QED) is 0.782. The summed E-state index contributed by atoms with van der Waals surface area (Å²) in [5.74, 6) is 0.424. The fraction of sp³-hybridized carbons (Fsp3) is 0.750. The van der Waals surface area contributed by atoms with Gasteiger partial charge in [0.05, 0.1) is 24.0 Å². The molecule has 0 radical (unpaired) electrons. The monoisotopic (exact) mass is 319 g/mol. The number of rotatable bonds is 4. The molecule has 0 N–H and O–H groups in total. The Labute approximate surface area is 134 Å². The smallest absolute Gasteiger partial charge is 0.249 e. The van der Waals surface area contributed by atoms with Crippen LogP contribution in [0.2, 0.25) is 0 Å². The summed E-state index contributed by atoms with van der Waals surface area (Å²) in [5.41, 5.74) is 0. The molecule has 5 unspecified atom stereocenters. The van der Waals surface area contributed by atoms with Crippen molar-refractivity contribution in [3.63, 3.8) is 0 Å². The van der Waals surface area contributed by atoms with Gasteiger partial charge in [0, 0.05) is 6.42 Å². The van der Waals surface area contributed by atoms with Crippen molar-refractivity contribution < 1.29 is 18.8 Å². The Hall–Kier alpha value is -1.76. The minimum atomic E-state index is -0.520. The molecule has 3 aliphatic rings. The molecule has 0 aliphatic carbocycles. The normalized spacial score (nSPS) is 33.8. The molecule has 1 aromatic rings. The number of hydrogen-bond donors (Lipinski definition) is 0. The molecular formula is C16H21N3O4. The number of hydrogen-bond acceptors (Lipinski definition) is 6. The van der Waals surface area contributed by atoms with Crippen molar-refractivity contribution in [1.29, 1.82) is 0 Å². The molecule has 2 bridgehead atoms. The molecule has 3 aliphatic heterocycles. The SMILES string of the molecule is CC(C)Cc1noc(C(C)N2C(=O)C3C4CCC(O4)C3C2=O)n1. The highest BCUT2D eigenvalue weighted by Crippen LogP contribution is 2.49. The first-order chi connectivity index (χ1) is 11.0. The molecule has 3 fully saturated rings. The molecule has 7 nitrogen and oxygen atoms in total. The Morgan fingerprint density at radius 2 is 1.74 bits per heavy atom. The minimum absolute atomic E-state index is 0.0992. The van der Waals surface area contributed by atoms with Gasteiger partial charge in [0.15, 0.2) is 5.82 Å². The topological polar surface area (TPSA) is 85.5 Å². The lowest BCUT2D eigenvalue weighted by Crippen LogP contribution is -2.36. The van der Waals surface area contributed by atoms with E-state index in [9.17, 15) is 9.59 Å². The number of imide groups is 1. The van der Waals surface area contributed by atoms with Crippen molar-refractivity contribution in [3.05, 3.63) is 11.7 Å². The summed E-state index contributed by atoms with van der Waals surface area (Å²) in [5, 5.41) is 3.95. The first-order valence-electron chi connectivity index (χ1n) is 8.32. The maximum Gasteiger partial charge on any atom is 0.249 e. The summed E-state index contributed by atoms with van der Waals surface area (Å²) in [6.07, 6.45) is 2.25. The maximum absolute atomic E-state index is 12.7. The number of carbonyl (C=O) groups excluding carboxylic acids is 2. The number of ether oxygens (including phenoxy) is 1. The van der Waals surface area contributed by atoms with Crippen LogP contribution in [-0.2, 0) is 20.7 Å². The molecule has 4 heterocycles. The Kier molecular flexibility index (Phi) is 3.30. The number of amides is 2. The lowest BCUT2D eigenvalue weighted by atomic mass is 9.81. The lowest BCUT2D eigenvalue weighted by molar-refractivity contribution is -0.145. The van der Waals surface area contributed by atoms with Crippen molar-refractivity contribution in [1.82, 2.24) is 15.0 Å². The molecule has 4 rings (SSSR count). The van der Waals surface area contributed by atoms with Gasteiger partial charge in [-0.3, -0.25) is 14.5 Å². The summed E-state index contributed by atoms with van der Waals surface area (Å²) in [7, 11) is 0. The maximum atomic E-state index is 12.7. The number of nitrogens with zero attached hydrogens (tertiary/aromatic N) is 3. The van der Waals surface area contributed by atoms with Crippen LogP contribution in [0.3, 0.4) is 0 Å². The number of carbonyl (C=O) groups is 2. The molecule has 23 heavy (non-hydrogen) atoms. The largest absolute Gasteiger partial charge is 0.373 e. The summed E-state index contributed by atoms with van der Waals surface area (Å²) in [6.45, 7) is 5.92. The van der Waals surface area contributed by atoms with Crippen LogP contribution in [0.4, 0.5) is 0 Å². The van der Waals surface area contributed by atoms with E-state index in [1.807, 2.05) is 0 Å². The predicted molar refractivity (Wildman–Crippen MR) is 78.0 cm³/mol. The van der Waals surface area contributed by atoms with Crippen LogP contribution >= 0.6 is 0 Å². The molecule has 7 heteroatoms. The summed E-state index contributed by atoms with van der Waals surface area (Å²) in [4.78, 5) is 31.1. The molecule has 5 atom stereocenters. The fourth-order valence-corrected chi connectivity index (χ4v) is 4.11. The third-order valence-corrected chi connectivity index (χ3v) is 5.14. The van der Waals surface area contributed by atoms with Gasteiger partial charge in [-0.2, -0.15) is 4.98 Å². The summed E-state index contributed by atoms with van der Waals surface area (Å²) in [6, 6.07) is -0.520. The Morgan fingerprint density at radius 3 is 2.30 bits per heavy atom. The Morgan fingerprint density at radius 1 is 1.13 bits per heavy atom. The highest BCUT2D eigenvalue weighted by molar-refractivity contribution is 6.06. The summed E-state index contributed by atoms with van der Waals surface area (Å²) < 4.78 is 11.0. The molecule has 0 aromatic carbocycles. The van der Waals surface area contributed by atoms with Crippen molar-refractivity contribution >= 4 is 11.8 Å². The van der Waals surface area contributed by atoms with Crippen LogP contribution in [0.5, 0.6) is 0 Å². The van der Waals surface area contributed by atoms with Gasteiger partial charge in [-0.15, -0.1) is 0 Å². The van der Waals surface area contributed by atoms with Crippen molar-refractivity contribution in [2.75, 3.05) is 0 Å². The fourth-order valence-electron chi connectivity index (χ4n) is 4.11. The third kappa shape index (κ3) is 2.13. The standard InChI is InChI=1S/C16H21N3O4/c1-7(2)6-11-17-14(23-18-11)8(3)19-15(20)12-9-4-5-10(22-9)13(12)16(19)21/h7-10,12-13H,4-6H2,1-3H3. The average molecular weight is 319 g/mol. The van der Waals surface area contributed by atoms with Crippen LogP contribution in [0.1, 0.15) is 51.4 Å². The second kappa shape index (κ2) is 5.12. The van der Waals surface area contributed by atoms with Crippen molar-refractivity contribution in [2.24, 2.45) is 17.8 Å². The van der Waals surface area contributed by atoms with Crippen LogP contribution < -0.4 is 0 Å². The van der Waals surface area contributed by atoms with Crippen LogP contribution in [0.25, 0.3) is 0 Å². The molecule has 0 saturated carbocycles. The lowest BCUT2D eigenvalue weighted by Gasteiger charge is -2.21. The van der Waals surface area contributed by atoms with Crippen molar-refractivity contribution in [2.45, 2.75) is 58.3 Å². The summed E-state index contributed by atoms with van der Waals surface area (Å²) >= 11 is 0. The number of likely N-dealkylation sites (tertiary alicyclic amines) is 1. The first kappa shape index (κ1) is 14.8. The molecule has 1 aromatic heterocycles. The molecule has 2 amide bonds. The second-order valence-corrected chi connectivity index (χ2v) is 7.21. The number of aromatic nitrogens is 2. The van der Waals surface area contributed by atoms with Gasteiger partial charge in [0.2, 0.25) is 17.7 Å². The minimum Gasteiger partial charge on any atom is -0.373 e. The average Bonchev–Trinajstić information content (AvgIpc) is 3.22. The zero-order valence-electron chi connectivity index (χ0n) is 13.6. The van der Waals surface area contributed by atoms with Gasteiger partial charge in [-0.25, -0.2) is 0 Å². The highest BCUT2D eigenvalue weighted by atomic mass is 16.5. The molecule has 3 saturated heterocycles. The van der Waals surface area contributed by atoms with Gasteiger partial charge >= 0.3 is 0 Å². The van der Waals surface area contributed by atoms with E-state index < -0.39 is 6.04 Å². The van der Waals surface area contributed by atoms with Gasteiger partial charge in [0.1, 0.15) is 6.04 Å². The third-order valence-electron chi connectivity index (χ3n) is 5.14. The Balaban J connectivity index is 1.57. The van der Waals surface area contributed by atoms with Gasteiger partial charge < -0.3 is 9.26 Å². The van der Waals surface area contributed by atoms with E-state index in [-0.39, 0.29) is 35.9 Å². The van der Waals surface area contributed by atoms with E-state index in [1.54, 1.807) is 6.92 Å². The van der Waals surface area contributed by atoms with Gasteiger partial charge in [-0.05, 0) is 25.7 Å². The van der Waals surface area contributed by atoms with Crippen LogP contribution in [0, 0.1) is 17.8 Å². The van der Waals surface area contributed by atoms with E-state index in [1.165, 1.54) is 4.90 Å². The van der Waals surface area contributed by atoms with E-state index in [2.05, 4.69) is 24.0 Å². The second-order valence-electron chi connectivity index (χ2n) is 7.21. The predicted octanol–water partition coefficient (Wildman–Crippen LogP) is 1.49. The van der Waals surface area contributed by atoms with Crippen LogP contribution in [0.15, 0.2) is 4.52 Å². The van der Waals surface area contributed by atoms with E-state index in [0.29, 0.717) is 24.1 Å². The van der Waals surface area contributed by atoms with Crippen molar-refractivity contribution in [3.8, 4) is 0 Å². The zero-order valence-corrected chi connectivity index (χ0v) is 13.6. The zero-order chi connectivity index (χ0) is 16.3. The number of fused-ring (bicyclic) bond motifs is 5. The molecule has 124 valence electrons. The molecule has 0 spiro atoms. The molecular weight excluding hydrogens is 298 g/mol. The first-order valence-corrected chi connectivity index (χ1v) is 8.32.